The summed E-state index contributed by atoms with van der Waals surface area (Å²) in [6, 6.07) is 0.319. The third kappa shape index (κ3) is 5.50. The van der Waals surface area contributed by atoms with Gasteiger partial charge in [-0.1, -0.05) is 0 Å². The van der Waals surface area contributed by atoms with Crippen molar-refractivity contribution in [2.24, 2.45) is 5.92 Å². The Labute approximate surface area is 104 Å². The molecule has 1 aliphatic rings. The van der Waals surface area contributed by atoms with Gasteiger partial charge in [0.15, 0.2) is 0 Å². The predicted octanol–water partition coefficient (Wildman–Crippen LogP) is 1.31. The molecule has 2 N–H and O–H groups in total. The van der Waals surface area contributed by atoms with Crippen LogP contribution in [-0.4, -0.2) is 37.7 Å². The van der Waals surface area contributed by atoms with E-state index in [2.05, 4.69) is 17.6 Å². The van der Waals surface area contributed by atoms with Crippen LogP contribution in [0.2, 0.25) is 0 Å². The molecule has 2 atom stereocenters. The van der Waals surface area contributed by atoms with Gasteiger partial charge < -0.3 is 15.4 Å². The Balaban J connectivity index is 2.00. The van der Waals surface area contributed by atoms with Crippen molar-refractivity contribution in [3.05, 3.63) is 0 Å². The molecule has 2 unspecified atom stereocenters. The molecule has 17 heavy (non-hydrogen) atoms. The van der Waals surface area contributed by atoms with Crippen LogP contribution in [-0.2, 0) is 9.53 Å². The average molecular weight is 242 g/mol. The minimum absolute atomic E-state index is 0.155. The number of unbranched alkanes of at least 4 members (excludes halogenated alkanes) is 1. The standard InChI is InChI=1S/C13H26N2O2/c1-10(2)17-9-5-4-7-15-13(16)12-6-8-14-11(12)3/h10-12,14H,4-9H2,1-3H3,(H,15,16). The fraction of sp³-hybridized carbons (Fsp3) is 0.923. The lowest BCUT2D eigenvalue weighted by atomic mass is 10.0. The number of ether oxygens (including phenoxy) is 1. The van der Waals surface area contributed by atoms with Crippen molar-refractivity contribution in [2.45, 2.75) is 52.2 Å². The topological polar surface area (TPSA) is 50.4 Å². The summed E-state index contributed by atoms with van der Waals surface area (Å²) in [5, 5.41) is 6.30. The van der Waals surface area contributed by atoms with Gasteiger partial charge in [0.1, 0.15) is 0 Å². The zero-order chi connectivity index (χ0) is 12.7. The maximum atomic E-state index is 11.8. The Kier molecular flexibility index (Phi) is 6.52. The van der Waals surface area contributed by atoms with Crippen LogP contribution in [0.1, 0.15) is 40.0 Å². The van der Waals surface area contributed by atoms with Gasteiger partial charge in [0, 0.05) is 19.2 Å². The fourth-order valence-electron chi connectivity index (χ4n) is 2.11. The van der Waals surface area contributed by atoms with Gasteiger partial charge in [-0.3, -0.25) is 4.79 Å². The smallest absolute Gasteiger partial charge is 0.224 e. The summed E-state index contributed by atoms with van der Waals surface area (Å²) in [6.07, 6.45) is 3.27. The monoisotopic (exact) mass is 242 g/mol. The predicted molar refractivity (Wildman–Crippen MR) is 68.9 cm³/mol. The molecule has 1 rings (SSSR count). The first-order valence-corrected chi connectivity index (χ1v) is 6.74. The van der Waals surface area contributed by atoms with E-state index in [1.807, 2.05) is 13.8 Å². The molecule has 1 heterocycles. The molecule has 1 aliphatic heterocycles. The van der Waals surface area contributed by atoms with Crippen molar-refractivity contribution in [2.75, 3.05) is 19.7 Å². The van der Waals surface area contributed by atoms with E-state index in [9.17, 15) is 4.79 Å². The van der Waals surface area contributed by atoms with Crippen molar-refractivity contribution < 1.29 is 9.53 Å². The van der Waals surface area contributed by atoms with Crippen molar-refractivity contribution in [3.63, 3.8) is 0 Å². The van der Waals surface area contributed by atoms with Crippen LogP contribution in [0.25, 0.3) is 0 Å². The first-order valence-electron chi connectivity index (χ1n) is 6.74. The highest BCUT2D eigenvalue weighted by atomic mass is 16.5. The van der Waals surface area contributed by atoms with Crippen LogP contribution >= 0.6 is 0 Å². The summed E-state index contributed by atoms with van der Waals surface area (Å²) < 4.78 is 5.44. The Morgan fingerprint density at radius 3 is 2.82 bits per heavy atom. The summed E-state index contributed by atoms with van der Waals surface area (Å²) in [7, 11) is 0. The molecular weight excluding hydrogens is 216 g/mol. The van der Waals surface area contributed by atoms with Crippen LogP contribution in [0.5, 0.6) is 0 Å². The van der Waals surface area contributed by atoms with Gasteiger partial charge in [-0.25, -0.2) is 0 Å². The second-order valence-electron chi connectivity index (χ2n) is 5.06. The lowest BCUT2D eigenvalue weighted by Gasteiger charge is -2.15. The van der Waals surface area contributed by atoms with E-state index in [1.165, 1.54) is 0 Å². The maximum Gasteiger partial charge on any atom is 0.224 e. The molecule has 0 radical (unpaired) electrons. The maximum absolute atomic E-state index is 11.8. The Bertz CT molecular complexity index is 231. The van der Waals surface area contributed by atoms with Crippen molar-refractivity contribution in [1.82, 2.24) is 10.6 Å². The van der Waals surface area contributed by atoms with Gasteiger partial charge in [0.05, 0.1) is 12.0 Å². The van der Waals surface area contributed by atoms with Crippen molar-refractivity contribution in [3.8, 4) is 0 Å². The highest BCUT2D eigenvalue weighted by Crippen LogP contribution is 2.14. The lowest BCUT2D eigenvalue weighted by molar-refractivity contribution is -0.125. The number of hydrogen-bond acceptors (Lipinski definition) is 3. The zero-order valence-corrected chi connectivity index (χ0v) is 11.3. The molecule has 4 nitrogen and oxygen atoms in total. The molecular formula is C13H26N2O2. The Morgan fingerprint density at radius 1 is 1.47 bits per heavy atom. The molecule has 0 saturated carbocycles. The van der Waals surface area contributed by atoms with Crippen LogP contribution in [0.3, 0.4) is 0 Å². The molecule has 0 aromatic heterocycles. The molecule has 0 spiro atoms. The van der Waals surface area contributed by atoms with Crippen LogP contribution in [0.15, 0.2) is 0 Å². The third-order valence-corrected chi connectivity index (χ3v) is 3.18. The molecule has 1 saturated heterocycles. The highest BCUT2D eigenvalue weighted by molar-refractivity contribution is 5.79. The number of nitrogens with one attached hydrogen (secondary N) is 2. The molecule has 100 valence electrons. The van der Waals surface area contributed by atoms with Gasteiger partial charge >= 0.3 is 0 Å². The Hall–Kier alpha value is -0.610. The van der Waals surface area contributed by atoms with E-state index in [0.29, 0.717) is 12.1 Å². The number of carbonyl (C=O) groups is 1. The minimum Gasteiger partial charge on any atom is -0.379 e. The Morgan fingerprint density at radius 2 is 2.24 bits per heavy atom. The summed E-state index contributed by atoms with van der Waals surface area (Å²) in [6.45, 7) is 8.67. The number of hydrogen-bond donors (Lipinski definition) is 2. The van der Waals surface area contributed by atoms with Gasteiger partial charge in [-0.05, 0) is 46.6 Å². The van der Waals surface area contributed by atoms with Gasteiger partial charge in [-0.15, -0.1) is 0 Å². The fourth-order valence-corrected chi connectivity index (χ4v) is 2.11. The van der Waals surface area contributed by atoms with Gasteiger partial charge in [0.25, 0.3) is 0 Å². The summed E-state index contributed by atoms with van der Waals surface area (Å²) in [5.74, 6) is 0.356. The summed E-state index contributed by atoms with van der Waals surface area (Å²) in [4.78, 5) is 11.8. The van der Waals surface area contributed by atoms with E-state index in [-0.39, 0.29) is 11.8 Å². The largest absolute Gasteiger partial charge is 0.379 e. The number of carbonyl (C=O) groups excluding carboxylic acids is 1. The van der Waals surface area contributed by atoms with Crippen molar-refractivity contribution >= 4 is 5.91 Å². The highest BCUT2D eigenvalue weighted by Gasteiger charge is 2.28. The normalized spacial score (nSPS) is 24.2. The molecule has 0 aromatic carbocycles. The van der Waals surface area contributed by atoms with Gasteiger partial charge in [-0.2, -0.15) is 0 Å². The molecule has 0 aromatic rings. The van der Waals surface area contributed by atoms with E-state index in [0.717, 1.165) is 39.0 Å². The first kappa shape index (κ1) is 14.5. The molecule has 0 bridgehead atoms. The molecule has 1 fully saturated rings. The van der Waals surface area contributed by atoms with Crippen LogP contribution in [0.4, 0.5) is 0 Å². The first-order chi connectivity index (χ1) is 8.11. The third-order valence-electron chi connectivity index (χ3n) is 3.18. The number of amides is 1. The number of rotatable bonds is 7. The van der Waals surface area contributed by atoms with E-state index < -0.39 is 0 Å². The van der Waals surface area contributed by atoms with E-state index in [1.54, 1.807) is 0 Å². The van der Waals surface area contributed by atoms with Crippen LogP contribution in [0, 0.1) is 5.92 Å². The summed E-state index contributed by atoms with van der Waals surface area (Å²) in [5.41, 5.74) is 0. The quantitative estimate of drug-likeness (QED) is 0.662. The van der Waals surface area contributed by atoms with E-state index in [4.69, 9.17) is 4.74 Å². The second-order valence-corrected chi connectivity index (χ2v) is 5.06. The van der Waals surface area contributed by atoms with E-state index >= 15 is 0 Å². The molecule has 0 aliphatic carbocycles. The summed E-state index contributed by atoms with van der Waals surface area (Å²) >= 11 is 0. The molecule has 1 amide bonds. The van der Waals surface area contributed by atoms with Crippen molar-refractivity contribution in [1.29, 1.82) is 0 Å². The SMILES string of the molecule is CC(C)OCCCCNC(=O)C1CCNC1C. The zero-order valence-electron chi connectivity index (χ0n) is 11.3. The minimum atomic E-state index is 0.155. The average Bonchev–Trinajstić information content (AvgIpc) is 2.69. The van der Waals surface area contributed by atoms with Gasteiger partial charge in [0.2, 0.25) is 5.91 Å². The lowest BCUT2D eigenvalue weighted by Crippen LogP contribution is -2.37. The van der Waals surface area contributed by atoms with Crippen LogP contribution < -0.4 is 10.6 Å². The molecule has 4 heteroatoms. The second kappa shape index (κ2) is 7.67.